The Bertz CT molecular complexity index is 433. The fourth-order valence-electron chi connectivity index (χ4n) is 1.75. The molecule has 5 heteroatoms. The Balaban J connectivity index is 2.61. The van der Waals surface area contributed by atoms with Gasteiger partial charge < -0.3 is 15.4 Å². The minimum Gasteiger partial charge on any atom is -0.482 e. The second kappa shape index (κ2) is 8.53. The largest absolute Gasteiger partial charge is 0.482 e. The van der Waals surface area contributed by atoms with Gasteiger partial charge in [0.05, 0.1) is 5.69 Å². The predicted molar refractivity (Wildman–Crippen MR) is 79.7 cm³/mol. The van der Waals surface area contributed by atoms with Crippen molar-refractivity contribution in [2.45, 2.75) is 46.7 Å². The van der Waals surface area contributed by atoms with Gasteiger partial charge in [-0.1, -0.05) is 6.92 Å². The highest BCUT2D eigenvalue weighted by molar-refractivity contribution is 5.77. The first-order valence-electron chi connectivity index (χ1n) is 7.12. The lowest BCUT2D eigenvalue weighted by atomic mass is 10.2. The van der Waals surface area contributed by atoms with Gasteiger partial charge in [-0.15, -0.1) is 0 Å². The summed E-state index contributed by atoms with van der Waals surface area (Å²) >= 11 is 0. The van der Waals surface area contributed by atoms with Gasteiger partial charge in [0.15, 0.2) is 6.61 Å². The molecule has 5 nitrogen and oxygen atoms in total. The zero-order chi connectivity index (χ0) is 15.0. The Morgan fingerprint density at radius 1 is 1.40 bits per heavy atom. The Morgan fingerprint density at radius 2 is 2.15 bits per heavy atom. The lowest BCUT2D eigenvalue weighted by Gasteiger charge is -2.13. The van der Waals surface area contributed by atoms with Crippen LogP contribution in [0.15, 0.2) is 12.1 Å². The van der Waals surface area contributed by atoms with Gasteiger partial charge in [0, 0.05) is 18.3 Å². The summed E-state index contributed by atoms with van der Waals surface area (Å²) in [5, 5.41) is 6.09. The molecule has 20 heavy (non-hydrogen) atoms. The van der Waals surface area contributed by atoms with Crippen molar-refractivity contribution < 1.29 is 9.53 Å². The van der Waals surface area contributed by atoms with E-state index >= 15 is 0 Å². The molecule has 0 unspecified atom stereocenters. The fourth-order valence-corrected chi connectivity index (χ4v) is 1.75. The van der Waals surface area contributed by atoms with Crippen molar-refractivity contribution in [3.05, 3.63) is 23.5 Å². The highest BCUT2D eigenvalue weighted by atomic mass is 16.5. The van der Waals surface area contributed by atoms with Crippen LogP contribution in [0.2, 0.25) is 0 Å². The maximum Gasteiger partial charge on any atom is 0.258 e. The zero-order valence-corrected chi connectivity index (χ0v) is 12.8. The smallest absolute Gasteiger partial charge is 0.258 e. The number of amides is 1. The number of carbonyl (C=O) groups is 1. The van der Waals surface area contributed by atoms with Crippen molar-refractivity contribution in [3.8, 4) is 5.75 Å². The van der Waals surface area contributed by atoms with Crippen LogP contribution in [0.4, 0.5) is 0 Å². The molecule has 0 aliphatic rings. The predicted octanol–water partition coefficient (Wildman–Crippen LogP) is 1.79. The molecular formula is C15H25N3O2. The molecule has 2 N–H and O–H groups in total. The summed E-state index contributed by atoms with van der Waals surface area (Å²) in [6.45, 7) is 9.50. The average Bonchev–Trinajstić information content (AvgIpc) is 2.37. The number of nitrogens with one attached hydrogen (secondary N) is 2. The van der Waals surface area contributed by atoms with Gasteiger partial charge in [0.25, 0.3) is 5.91 Å². The molecule has 0 spiro atoms. The number of pyridine rings is 1. The molecule has 0 atom stereocenters. The van der Waals surface area contributed by atoms with E-state index in [1.165, 1.54) is 0 Å². The topological polar surface area (TPSA) is 63.3 Å². The molecule has 0 fully saturated rings. The summed E-state index contributed by atoms with van der Waals surface area (Å²) in [6, 6.07) is 3.88. The quantitative estimate of drug-likeness (QED) is 0.712. The Morgan fingerprint density at radius 3 is 2.80 bits per heavy atom. The number of aromatic nitrogens is 1. The lowest BCUT2D eigenvalue weighted by molar-refractivity contribution is -0.123. The van der Waals surface area contributed by atoms with Crippen LogP contribution in [-0.4, -0.2) is 30.1 Å². The number of carbonyl (C=O) groups excluding carboxylic acids is 1. The minimum atomic E-state index is -0.118. The van der Waals surface area contributed by atoms with Crippen LogP contribution in [0.5, 0.6) is 5.75 Å². The molecule has 1 amide bonds. The molecule has 0 saturated carbocycles. The van der Waals surface area contributed by atoms with Gasteiger partial charge >= 0.3 is 0 Å². The Labute approximate surface area is 121 Å². The first-order chi connectivity index (χ1) is 9.52. The van der Waals surface area contributed by atoms with Crippen LogP contribution in [0, 0.1) is 6.92 Å². The monoisotopic (exact) mass is 279 g/mol. The first kappa shape index (κ1) is 16.4. The van der Waals surface area contributed by atoms with Crippen molar-refractivity contribution in [1.82, 2.24) is 15.6 Å². The third-order valence-corrected chi connectivity index (χ3v) is 2.60. The van der Waals surface area contributed by atoms with Crippen molar-refractivity contribution in [3.63, 3.8) is 0 Å². The van der Waals surface area contributed by atoms with Crippen molar-refractivity contribution >= 4 is 5.91 Å². The van der Waals surface area contributed by atoms with Crippen LogP contribution in [0.25, 0.3) is 0 Å². The van der Waals surface area contributed by atoms with Gasteiger partial charge in [-0.2, -0.15) is 0 Å². The second-order valence-electron chi connectivity index (χ2n) is 5.09. The molecule has 1 aromatic rings. The molecular weight excluding hydrogens is 254 g/mol. The normalized spacial score (nSPS) is 10.7. The third-order valence-electron chi connectivity index (χ3n) is 2.60. The van der Waals surface area contributed by atoms with E-state index in [1.54, 1.807) is 0 Å². The van der Waals surface area contributed by atoms with Crippen molar-refractivity contribution in [1.29, 1.82) is 0 Å². The van der Waals surface area contributed by atoms with Crippen LogP contribution in [-0.2, 0) is 11.3 Å². The molecule has 1 heterocycles. The Hall–Kier alpha value is -1.62. The first-order valence-corrected chi connectivity index (χ1v) is 7.12. The van der Waals surface area contributed by atoms with Gasteiger partial charge in [-0.05, 0) is 45.9 Å². The fraction of sp³-hybridized carbons (Fsp3) is 0.600. The number of hydrogen-bond acceptors (Lipinski definition) is 4. The number of aryl methyl sites for hydroxylation is 1. The SMILES string of the molecule is CCCNCc1nc(C)ccc1OCC(=O)NC(C)C. The minimum absolute atomic E-state index is 0.0176. The van der Waals surface area contributed by atoms with Gasteiger partial charge in [0.1, 0.15) is 5.75 Å². The van der Waals surface area contributed by atoms with E-state index in [9.17, 15) is 4.79 Å². The van der Waals surface area contributed by atoms with E-state index < -0.39 is 0 Å². The van der Waals surface area contributed by atoms with Crippen molar-refractivity contribution in [2.75, 3.05) is 13.2 Å². The van der Waals surface area contributed by atoms with E-state index in [1.807, 2.05) is 32.9 Å². The summed E-state index contributed by atoms with van der Waals surface area (Å²) in [4.78, 5) is 16.1. The molecule has 1 rings (SSSR count). The zero-order valence-electron chi connectivity index (χ0n) is 12.8. The standard InChI is InChI=1S/C15H25N3O2/c1-5-8-16-9-13-14(7-6-12(4)18-13)20-10-15(19)17-11(2)3/h6-7,11,16H,5,8-10H2,1-4H3,(H,17,19). The summed E-state index contributed by atoms with van der Waals surface area (Å²) in [6.07, 6.45) is 1.07. The number of hydrogen-bond donors (Lipinski definition) is 2. The van der Waals surface area contributed by atoms with Crippen LogP contribution >= 0.6 is 0 Å². The summed E-state index contributed by atoms with van der Waals surface area (Å²) in [7, 11) is 0. The van der Waals surface area contributed by atoms with Gasteiger partial charge in [-0.3, -0.25) is 9.78 Å². The molecule has 0 saturated heterocycles. The van der Waals surface area contributed by atoms with Crippen molar-refractivity contribution in [2.24, 2.45) is 0 Å². The van der Waals surface area contributed by atoms with Crippen LogP contribution in [0.3, 0.4) is 0 Å². The summed E-state index contributed by atoms with van der Waals surface area (Å²) in [5.74, 6) is 0.547. The summed E-state index contributed by atoms with van der Waals surface area (Å²) in [5.41, 5.74) is 1.79. The van der Waals surface area contributed by atoms with E-state index in [0.717, 1.165) is 24.4 Å². The van der Waals surface area contributed by atoms with Crippen LogP contribution in [0.1, 0.15) is 38.6 Å². The van der Waals surface area contributed by atoms with E-state index in [-0.39, 0.29) is 18.6 Å². The van der Waals surface area contributed by atoms with Crippen LogP contribution < -0.4 is 15.4 Å². The Kier molecular flexibility index (Phi) is 7.01. The van der Waals surface area contributed by atoms with Gasteiger partial charge in [0.2, 0.25) is 0 Å². The highest BCUT2D eigenvalue weighted by Crippen LogP contribution is 2.16. The highest BCUT2D eigenvalue weighted by Gasteiger charge is 2.09. The lowest BCUT2D eigenvalue weighted by Crippen LogP contribution is -2.34. The van der Waals surface area contributed by atoms with E-state index in [0.29, 0.717) is 12.3 Å². The third kappa shape index (κ3) is 6.02. The molecule has 0 aliphatic carbocycles. The number of nitrogens with zero attached hydrogens (tertiary/aromatic N) is 1. The molecule has 0 aromatic carbocycles. The maximum atomic E-state index is 11.6. The number of rotatable bonds is 8. The molecule has 1 aromatic heterocycles. The second-order valence-corrected chi connectivity index (χ2v) is 5.09. The molecule has 0 radical (unpaired) electrons. The molecule has 112 valence electrons. The molecule has 0 bridgehead atoms. The van der Waals surface area contributed by atoms with Gasteiger partial charge in [-0.25, -0.2) is 0 Å². The van der Waals surface area contributed by atoms with E-state index in [4.69, 9.17) is 4.74 Å². The molecule has 0 aliphatic heterocycles. The summed E-state index contributed by atoms with van der Waals surface area (Å²) < 4.78 is 5.57. The maximum absolute atomic E-state index is 11.6. The average molecular weight is 279 g/mol. The van der Waals surface area contributed by atoms with E-state index in [2.05, 4.69) is 22.5 Å². The number of ether oxygens (including phenoxy) is 1.